The lowest BCUT2D eigenvalue weighted by Gasteiger charge is -2.32. The van der Waals surface area contributed by atoms with Crippen molar-refractivity contribution in [2.24, 2.45) is 0 Å². The molecular formula is C19H27BO2. The van der Waals surface area contributed by atoms with Crippen molar-refractivity contribution in [1.29, 1.82) is 0 Å². The molecule has 1 aliphatic rings. The molecule has 1 fully saturated rings. The van der Waals surface area contributed by atoms with E-state index < -0.39 is 0 Å². The highest BCUT2D eigenvalue weighted by atomic mass is 16.7. The van der Waals surface area contributed by atoms with Crippen LogP contribution >= 0.6 is 0 Å². The highest BCUT2D eigenvalue weighted by molar-refractivity contribution is 6.51. The average molecular weight is 298 g/mol. The fourth-order valence-electron chi connectivity index (χ4n) is 2.35. The van der Waals surface area contributed by atoms with Gasteiger partial charge in [-0.1, -0.05) is 54.0 Å². The van der Waals surface area contributed by atoms with Crippen LogP contribution in [0, 0.1) is 0 Å². The van der Waals surface area contributed by atoms with E-state index in [4.69, 9.17) is 9.31 Å². The van der Waals surface area contributed by atoms with Crippen LogP contribution in [-0.2, 0) is 15.7 Å². The Morgan fingerprint density at radius 3 is 2.23 bits per heavy atom. The smallest absolute Gasteiger partial charge is 0.400 e. The highest BCUT2D eigenvalue weighted by Gasteiger charge is 2.49. The average Bonchev–Trinajstić information content (AvgIpc) is 2.65. The van der Waals surface area contributed by atoms with Crippen molar-refractivity contribution in [3.8, 4) is 0 Å². The van der Waals surface area contributed by atoms with E-state index in [1.807, 2.05) is 12.1 Å². The molecule has 1 aromatic carbocycles. The third kappa shape index (κ3) is 4.34. The lowest BCUT2D eigenvalue weighted by atomic mass is 9.90. The van der Waals surface area contributed by atoms with Crippen LogP contribution < -0.4 is 0 Å². The summed E-state index contributed by atoms with van der Waals surface area (Å²) in [5.41, 5.74) is 2.20. The van der Waals surface area contributed by atoms with Crippen LogP contribution in [0.3, 0.4) is 0 Å². The molecule has 0 aromatic heterocycles. The van der Waals surface area contributed by atoms with Crippen LogP contribution in [-0.4, -0.2) is 18.3 Å². The molecule has 2 nitrogen and oxygen atoms in total. The Hall–Kier alpha value is -1.32. The summed E-state index contributed by atoms with van der Waals surface area (Å²) in [5.74, 6) is 1.99. The first-order chi connectivity index (χ1) is 10.3. The topological polar surface area (TPSA) is 18.5 Å². The van der Waals surface area contributed by atoms with Crippen LogP contribution in [0.15, 0.2) is 54.0 Å². The lowest BCUT2D eigenvalue weighted by Crippen LogP contribution is -2.41. The Kier molecular flexibility index (Phi) is 5.30. The van der Waals surface area contributed by atoms with Crippen LogP contribution in [0.25, 0.3) is 0 Å². The van der Waals surface area contributed by atoms with Crippen molar-refractivity contribution in [1.82, 2.24) is 0 Å². The number of aryl methyl sites for hydroxylation is 1. The van der Waals surface area contributed by atoms with E-state index in [0.29, 0.717) is 0 Å². The molecule has 3 heteroatoms. The summed E-state index contributed by atoms with van der Waals surface area (Å²) >= 11 is 0. The predicted octanol–water partition coefficient (Wildman–Crippen LogP) is 4.75. The Labute approximate surface area is 135 Å². The molecule has 1 aliphatic heterocycles. The van der Waals surface area contributed by atoms with Crippen molar-refractivity contribution in [2.75, 3.05) is 0 Å². The fourth-order valence-corrected chi connectivity index (χ4v) is 2.35. The largest absolute Gasteiger partial charge is 0.487 e. The molecule has 0 unspecified atom stereocenters. The summed E-state index contributed by atoms with van der Waals surface area (Å²) in [4.78, 5) is 0. The Bertz CT molecular complexity index is 528. The molecule has 0 bridgehead atoms. The van der Waals surface area contributed by atoms with Gasteiger partial charge in [0.1, 0.15) is 0 Å². The number of hydrogen-bond acceptors (Lipinski definition) is 2. The van der Waals surface area contributed by atoms with E-state index in [0.717, 1.165) is 12.8 Å². The minimum Gasteiger partial charge on any atom is -0.400 e. The predicted molar refractivity (Wildman–Crippen MR) is 93.7 cm³/mol. The van der Waals surface area contributed by atoms with Gasteiger partial charge in [0.15, 0.2) is 0 Å². The first-order valence-corrected chi connectivity index (χ1v) is 8.04. The van der Waals surface area contributed by atoms with Gasteiger partial charge in [-0.25, -0.2) is 0 Å². The van der Waals surface area contributed by atoms with Gasteiger partial charge in [-0.15, -0.1) is 0 Å². The van der Waals surface area contributed by atoms with Crippen LogP contribution in [0.5, 0.6) is 0 Å². The molecule has 2 rings (SSSR count). The standard InChI is InChI=1S/C19H27BO2/c1-16(13-14-17-11-7-6-8-12-17)10-9-15-20-21-18(2,3)19(4,5)22-20/h6-12,15H,13-14H2,1-5H3/b15-9+,16-10+. The minimum atomic E-state index is -0.270. The molecule has 0 N–H and O–H groups in total. The van der Waals surface area contributed by atoms with Crippen LogP contribution in [0.4, 0.5) is 0 Å². The highest BCUT2D eigenvalue weighted by Crippen LogP contribution is 2.36. The zero-order valence-corrected chi connectivity index (χ0v) is 14.4. The van der Waals surface area contributed by atoms with Gasteiger partial charge in [0.2, 0.25) is 0 Å². The number of hydrogen-bond donors (Lipinski definition) is 0. The molecule has 1 aromatic rings. The zero-order chi connectivity index (χ0) is 16.2. The van der Waals surface area contributed by atoms with Gasteiger partial charge in [0.05, 0.1) is 11.2 Å². The number of allylic oxidation sites excluding steroid dienone is 3. The molecule has 0 aliphatic carbocycles. The lowest BCUT2D eigenvalue weighted by molar-refractivity contribution is 0.00578. The molecule has 0 radical (unpaired) electrons. The third-order valence-electron chi connectivity index (χ3n) is 4.57. The van der Waals surface area contributed by atoms with E-state index in [2.05, 4.69) is 71.0 Å². The Balaban J connectivity index is 1.84. The Morgan fingerprint density at radius 1 is 1.05 bits per heavy atom. The van der Waals surface area contributed by atoms with Crippen LogP contribution in [0.2, 0.25) is 0 Å². The SMILES string of the molecule is C/C(=C\C=C\B1OC(C)(C)C(C)(C)O1)CCc1ccccc1. The maximum Gasteiger partial charge on any atom is 0.487 e. The van der Waals surface area contributed by atoms with Gasteiger partial charge < -0.3 is 9.31 Å². The second kappa shape index (κ2) is 6.85. The second-order valence-corrected chi connectivity index (χ2v) is 7.01. The summed E-state index contributed by atoms with van der Waals surface area (Å²) in [6.07, 6.45) is 6.33. The molecule has 22 heavy (non-hydrogen) atoms. The number of benzene rings is 1. The monoisotopic (exact) mass is 298 g/mol. The summed E-state index contributed by atoms with van der Waals surface area (Å²) < 4.78 is 11.9. The van der Waals surface area contributed by atoms with E-state index in [1.54, 1.807) is 0 Å². The van der Waals surface area contributed by atoms with Gasteiger partial charge in [-0.2, -0.15) is 0 Å². The molecule has 118 valence electrons. The van der Waals surface area contributed by atoms with E-state index in [1.165, 1.54) is 11.1 Å². The van der Waals surface area contributed by atoms with Crippen LogP contribution in [0.1, 0.15) is 46.6 Å². The minimum absolute atomic E-state index is 0.261. The first-order valence-electron chi connectivity index (χ1n) is 8.04. The van der Waals surface area contributed by atoms with Gasteiger partial charge in [-0.3, -0.25) is 0 Å². The van der Waals surface area contributed by atoms with Crippen molar-refractivity contribution in [3.63, 3.8) is 0 Å². The third-order valence-corrected chi connectivity index (χ3v) is 4.57. The summed E-state index contributed by atoms with van der Waals surface area (Å²) in [5, 5.41) is 0. The molecule has 0 atom stereocenters. The van der Waals surface area contributed by atoms with Crippen molar-refractivity contribution in [2.45, 2.75) is 58.7 Å². The van der Waals surface area contributed by atoms with Gasteiger partial charge in [0.25, 0.3) is 0 Å². The maximum absolute atomic E-state index is 5.94. The van der Waals surface area contributed by atoms with Crippen molar-refractivity contribution >= 4 is 7.12 Å². The Morgan fingerprint density at radius 2 is 1.64 bits per heavy atom. The summed E-state index contributed by atoms with van der Waals surface area (Å²) in [6.45, 7) is 10.4. The van der Waals surface area contributed by atoms with Crippen molar-refractivity contribution < 1.29 is 9.31 Å². The number of rotatable bonds is 5. The van der Waals surface area contributed by atoms with Gasteiger partial charge >= 0.3 is 7.12 Å². The molecule has 1 saturated heterocycles. The zero-order valence-electron chi connectivity index (χ0n) is 14.4. The maximum atomic E-state index is 5.94. The second-order valence-electron chi connectivity index (χ2n) is 7.01. The van der Waals surface area contributed by atoms with Gasteiger partial charge in [0, 0.05) is 0 Å². The quantitative estimate of drug-likeness (QED) is 0.576. The summed E-state index contributed by atoms with van der Waals surface area (Å²) in [7, 11) is -0.261. The molecule has 0 amide bonds. The van der Waals surface area contributed by atoms with Gasteiger partial charge in [-0.05, 0) is 53.0 Å². The fraction of sp³-hybridized carbons (Fsp3) is 0.474. The molecule has 0 spiro atoms. The van der Waals surface area contributed by atoms with E-state index in [9.17, 15) is 0 Å². The molecule has 1 heterocycles. The first kappa shape index (κ1) is 17.0. The summed E-state index contributed by atoms with van der Waals surface area (Å²) in [6, 6.07) is 10.6. The molecule has 0 saturated carbocycles. The molecular weight excluding hydrogens is 271 g/mol. The van der Waals surface area contributed by atoms with Crippen molar-refractivity contribution in [3.05, 3.63) is 59.6 Å². The van der Waals surface area contributed by atoms with E-state index >= 15 is 0 Å². The normalized spacial score (nSPS) is 20.8. The van der Waals surface area contributed by atoms with E-state index in [-0.39, 0.29) is 18.3 Å².